The third-order valence-corrected chi connectivity index (χ3v) is 3.59. The summed E-state index contributed by atoms with van der Waals surface area (Å²) in [5.74, 6) is 0.878. The van der Waals surface area contributed by atoms with Crippen molar-refractivity contribution in [3.8, 4) is 0 Å². The van der Waals surface area contributed by atoms with Crippen LogP contribution < -0.4 is 10.2 Å². The van der Waals surface area contributed by atoms with Crippen molar-refractivity contribution in [3.63, 3.8) is 0 Å². The molecular formula is C16H21BrN4. The molecule has 0 fully saturated rings. The highest BCUT2D eigenvalue weighted by molar-refractivity contribution is 9.10. The maximum atomic E-state index is 4.30. The summed E-state index contributed by atoms with van der Waals surface area (Å²) in [5.41, 5.74) is 2.20. The van der Waals surface area contributed by atoms with Gasteiger partial charge in [-0.1, -0.05) is 41.9 Å². The highest BCUT2D eigenvalue weighted by atomic mass is 79.9. The molecule has 0 aliphatic rings. The molecule has 5 heteroatoms. The Hall–Kier alpha value is -1.46. The van der Waals surface area contributed by atoms with E-state index in [1.54, 1.807) is 0 Å². The lowest BCUT2D eigenvalue weighted by Crippen LogP contribution is -2.23. The fourth-order valence-electron chi connectivity index (χ4n) is 1.95. The van der Waals surface area contributed by atoms with Gasteiger partial charge < -0.3 is 10.2 Å². The van der Waals surface area contributed by atoms with Gasteiger partial charge in [0.25, 0.3) is 0 Å². The molecule has 1 aromatic carbocycles. The summed E-state index contributed by atoms with van der Waals surface area (Å²) < 4.78 is 1.09. The van der Waals surface area contributed by atoms with Gasteiger partial charge in [-0.15, -0.1) is 5.10 Å². The van der Waals surface area contributed by atoms with E-state index in [0.717, 1.165) is 29.1 Å². The summed E-state index contributed by atoms with van der Waals surface area (Å²) in [6, 6.07) is 12.8. The van der Waals surface area contributed by atoms with Crippen LogP contribution in [0.3, 0.4) is 0 Å². The van der Waals surface area contributed by atoms with Crippen molar-refractivity contribution in [2.45, 2.75) is 33.0 Å². The van der Waals surface area contributed by atoms with Crippen LogP contribution in [0.1, 0.15) is 25.1 Å². The lowest BCUT2D eigenvalue weighted by atomic mass is 10.2. The molecule has 0 aliphatic heterocycles. The number of nitrogens with one attached hydrogen (secondary N) is 1. The maximum absolute atomic E-state index is 4.30. The van der Waals surface area contributed by atoms with Gasteiger partial charge in [0.2, 0.25) is 0 Å². The van der Waals surface area contributed by atoms with Crippen LogP contribution >= 0.6 is 15.9 Å². The van der Waals surface area contributed by atoms with Gasteiger partial charge >= 0.3 is 0 Å². The first kappa shape index (κ1) is 15.9. The predicted octanol–water partition coefficient (Wildman–Crippen LogP) is 3.37. The zero-order valence-electron chi connectivity index (χ0n) is 12.7. The van der Waals surface area contributed by atoms with Gasteiger partial charge in [-0.25, -0.2) is 0 Å². The first-order chi connectivity index (χ1) is 10.0. The van der Waals surface area contributed by atoms with Crippen LogP contribution in [0.15, 0.2) is 40.9 Å². The van der Waals surface area contributed by atoms with E-state index >= 15 is 0 Å². The Labute approximate surface area is 134 Å². The third-order valence-electron chi connectivity index (χ3n) is 3.10. The highest BCUT2D eigenvalue weighted by Crippen LogP contribution is 2.16. The molecule has 2 rings (SSSR count). The lowest BCUT2D eigenvalue weighted by Gasteiger charge is -2.18. The third kappa shape index (κ3) is 5.10. The summed E-state index contributed by atoms with van der Waals surface area (Å²) in [6.07, 6.45) is 0. The Kier molecular flexibility index (Phi) is 5.70. The molecule has 21 heavy (non-hydrogen) atoms. The standard InChI is InChI=1S/C16H21BrN4/c1-12(2)18-10-15-7-8-16(20-19-15)21(3)11-13-5-4-6-14(17)9-13/h4-9,12,18H,10-11H2,1-3H3. The van der Waals surface area contributed by atoms with E-state index in [4.69, 9.17) is 0 Å². The van der Waals surface area contributed by atoms with Crippen molar-refractivity contribution < 1.29 is 0 Å². The molecule has 0 aliphatic carbocycles. The number of nitrogens with zero attached hydrogens (tertiary/aromatic N) is 3. The number of hydrogen-bond acceptors (Lipinski definition) is 4. The maximum Gasteiger partial charge on any atom is 0.151 e. The Bertz CT molecular complexity index is 569. The number of halogens is 1. The van der Waals surface area contributed by atoms with Crippen molar-refractivity contribution in [3.05, 3.63) is 52.1 Å². The Morgan fingerprint density at radius 3 is 2.62 bits per heavy atom. The largest absolute Gasteiger partial charge is 0.354 e. The second-order valence-corrected chi connectivity index (χ2v) is 6.32. The Morgan fingerprint density at radius 2 is 2.00 bits per heavy atom. The number of aromatic nitrogens is 2. The van der Waals surface area contributed by atoms with Crippen molar-refractivity contribution in [2.24, 2.45) is 0 Å². The molecule has 0 spiro atoms. The van der Waals surface area contributed by atoms with Crippen molar-refractivity contribution in [1.29, 1.82) is 0 Å². The van der Waals surface area contributed by atoms with Gasteiger partial charge in [0, 0.05) is 30.7 Å². The molecule has 2 aromatic rings. The molecule has 0 atom stereocenters. The summed E-state index contributed by atoms with van der Waals surface area (Å²) in [6.45, 7) is 5.79. The predicted molar refractivity (Wildman–Crippen MR) is 90.3 cm³/mol. The number of anilines is 1. The van der Waals surface area contributed by atoms with Crippen LogP contribution in [0.2, 0.25) is 0 Å². The molecule has 4 nitrogen and oxygen atoms in total. The van der Waals surface area contributed by atoms with Gasteiger partial charge in [-0.3, -0.25) is 0 Å². The van der Waals surface area contributed by atoms with Gasteiger partial charge in [-0.05, 0) is 29.8 Å². The van der Waals surface area contributed by atoms with Gasteiger partial charge in [0.15, 0.2) is 5.82 Å². The minimum Gasteiger partial charge on any atom is -0.354 e. The van der Waals surface area contributed by atoms with E-state index in [9.17, 15) is 0 Å². The number of rotatable bonds is 6. The average Bonchev–Trinajstić information content (AvgIpc) is 2.45. The highest BCUT2D eigenvalue weighted by Gasteiger charge is 2.05. The molecule has 1 N–H and O–H groups in total. The van der Waals surface area contributed by atoms with Gasteiger partial charge in [-0.2, -0.15) is 5.10 Å². The second kappa shape index (κ2) is 7.52. The number of hydrogen-bond donors (Lipinski definition) is 1. The van der Waals surface area contributed by atoms with Crippen LogP contribution in [-0.4, -0.2) is 23.3 Å². The average molecular weight is 349 g/mol. The molecule has 112 valence electrons. The SMILES string of the molecule is CC(C)NCc1ccc(N(C)Cc2cccc(Br)c2)nn1. The lowest BCUT2D eigenvalue weighted by molar-refractivity contribution is 0.577. The van der Waals surface area contributed by atoms with Crippen molar-refractivity contribution in [1.82, 2.24) is 15.5 Å². The molecule has 0 saturated carbocycles. The molecular weight excluding hydrogens is 328 g/mol. The fraction of sp³-hybridized carbons (Fsp3) is 0.375. The van der Waals surface area contributed by atoms with E-state index in [0.29, 0.717) is 6.04 Å². The van der Waals surface area contributed by atoms with Gasteiger partial charge in [0.1, 0.15) is 0 Å². The van der Waals surface area contributed by atoms with E-state index < -0.39 is 0 Å². The molecule has 1 heterocycles. The Balaban J connectivity index is 1.97. The normalized spacial score (nSPS) is 10.9. The summed E-state index contributed by atoms with van der Waals surface area (Å²) in [7, 11) is 2.02. The molecule has 0 amide bonds. The van der Waals surface area contributed by atoms with E-state index in [2.05, 4.69) is 62.3 Å². The van der Waals surface area contributed by atoms with Crippen molar-refractivity contribution in [2.75, 3.05) is 11.9 Å². The molecule has 1 aromatic heterocycles. The topological polar surface area (TPSA) is 41.0 Å². The molecule has 0 saturated heterocycles. The summed E-state index contributed by atoms with van der Waals surface area (Å²) in [5, 5.41) is 11.9. The van der Waals surface area contributed by atoms with E-state index in [1.807, 2.05) is 31.3 Å². The smallest absolute Gasteiger partial charge is 0.151 e. The fourth-order valence-corrected chi connectivity index (χ4v) is 2.40. The quantitative estimate of drug-likeness (QED) is 0.868. The minimum absolute atomic E-state index is 0.450. The van der Waals surface area contributed by atoms with Crippen molar-refractivity contribution >= 4 is 21.7 Å². The Morgan fingerprint density at radius 1 is 1.19 bits per heavy atom. The molecule has 0 bridgehead atoms. The van der Waals surface area contributed by atoms with E-state index in [1.165, 1.54) is 5.56 Å². The van der Waals surface area contributed by atoms with Crippen LogP contribution in [0.5, 0.6) is 0 Å². The van der Waals surface area contributed by atoms with Gasteiger partial charge in [0.05, 0.1) is 5.69 Å². The van der Waals surface area contributed by atoms with Crippen LogP contribution in [0.25, 0.3) is 0 Å². The first-order valence-electron chi connectivity index (χ1n) is 7.06. The van der Waals surface area contributed by atoms with Crippen LogP contribution in [-0.2, 0) is 13.1 Å². The summed E-state index contributed by atoms with van der Waals surface area (Å²) in [4.78, 5) is 2.09. The second-order valence-electron chi connectivity index (χ2n) is 5.40. The monoisotopic (exact) mass is 348 g/mol. The van der Waals surface area contributed by atoms with Crippen LogP contribution in [0, 0.1) is 0 Å². The zero-order chi connectivity index (χ0) is 15.2. The molecule has 0 unspecified atom stereocenters. The minimum atomic E-state index is 0.450. The molecule has 0 radical (unpaired) electrons. The van der Waals surface area contributed by atoms with Crippen LogP contribution in [0.4, 0.5) is 5.82 Å². The zero-order valence-corrected chi connectivity index (χ0v) is 14.3. The number of benzene rings is 1. The summed E-state index contributed by atoms with van der Waals surface area (Å²) >= 11 is 3.49. The van der Waals surface area contributed by atoms with E-state index in [-0.39, 0.29) is 0 Å². The first-order valence-corrected chi connectivity index (χ1v) is 7.85.